The van der Waals surface area contributed by atoms with Crippen LogP contribution in [0.1, 0.15) is 17.9 Å². The summed E-state index contributed by atoms with van der Waals surface area (Å²) in [4.78, 5) is 12.0. The first-order valence-electron chi connectivity index (χ1n) is 6.44. The van der Waals surface area contributed by atoms with Crippen LogP contribution in [0.2, 0.25) is 0 Å². The second kappa shape index (κ2) is 9.23. The number of guanidine groups is 1. The lowest BCUT2D eigenvalue weighted by Crippen LogP contribution is -2.36. The molecule has 20 heavy (non-hydrogen) atoms. The monoisotopic (exact) mass is 295 g/mol. The van der Waals surface area contributed by atoms with E-state index in [9.17, 15) is 0 Å². The summed E-state index contributed by atoms with van der Waals surface area (Å²) >= 11 is 1.62. The summed E-state index contributed by atoms with van der Waals surface area (Å²) in [5.41, 5.74) is 6.49. The lowest BCUT2D eigenvalue weighted by atomic mass is 10.4. The first-order valence-corrected chi connectivity index (χ1v) is 7.66. The van der Waals surface area contributed by atoms with Gasteiger partial charge in [-0.3, -0.25) is 10.3 Å². The molecule has 0 saturated carbocycles. The fourth-order valence-corrected chi connectivity index (χ4v) is 2.16. The van der Waals surface area contributed by atoms with Crippen molar-refractivity contribution < 1.29 is 0 Å². The number of imidazole rings is 1. The molecule has 0 saturated heterocycles. The molecule has 0 amide bonds. The van der Waals surface area contributed by atoms with E-state index in [1.54, 1.807) is 11.8 Å². The van der Waals surface area contributed by atoms with Gasteiger partial charge in [0.15, 0.2) is 6.19 Å². The Morgan fingerprint density at radius 2 is 2.40 bits per heavy atom. The zero-order chi connectivity index (χ0) is 14.8. The molecule has 5 N–H and O–H groups in total. The Morgan fingerprint density at radius 1 is 1.60 bits per heavy atom. The van der Waals surface area contributed by atoms with Crippen molar-refractivity contribution in [2.75, 3.05) is 25.9 Å². The number of aromatic amines is 1. The van der Waals surface area contributed by atoms with E-state index in [1.807, 2.05) is 19.4 Å². The molecule has 7 nitrogen and oxygen atoms in total. The number of nitriles is 1. The van der Waals surface area contributed by atoms with E-state index in [0.29, 0.717) is 32.0 Å². The van der Waals surface area contributed by atoms with Crippen LogP contribution in [0.5, 0.6) is 0 Å². The number of rotatable bonds is 7. The van der Waals surface area contributed by atoms with Crippen LogP contribution >= 0.6 is 11.8 Å². The molecule has 0 aliphatic carbocycles. The van der Waals surface area contributed by atoms with Crippen molar-refractivity contribution >= 4 is 17.7 Å². The normalized spacial score (nSPS) is 11.2. The molecular formula is C12H21N7S. The van der Waals surface area contributed by atoms with Gasteiger partial charge in [0.1, 0.15) is 10.9 Å². The number of nitrogens with zero attached hydrogens (tertiary/aromatic N) is 3. The van der Waals surface area contributed by atoms with Gasteiger partial charge in [0.25, 0.3) is 0 Å². The van der Waals surface area contributed by atoms with Crippen molar-refractivity contribution in [3.05, 3.63) is 11.5 Å². The summed E-state index contributed by atoms with van der Waals surface area (Å²) in [6.45, 7) is 3.86. The van der Waals surface area contributed by atoms with Crippen molar-refractivity contribution in [2.45, 2.75) is 24.8 Å². The summed E-state index contributed by atoms with van der Waals surface area (Å²) < 4.78 is 0. The Balaban J connectivity index is 2.48. The maximum Gasteiger partial charge on any atom is 0.204 e. The van der Waals surface area contributed by atoms with Crippen LogP contribution in [-0.4, -0.2) is 41.8 Å². The highest BCUT2D eigenvalue weighted by Gasteiger charge is 2.05. The third kappa shape index (κ3) is 5.50. The third-order valence-electron chi connectivity index (χ3n) is 2.55. The number of aromatic nitrogens is 2. The lowest BCUT2D eigenvalue weighted by molar-refractivity contribution is 0.764. The molecular weight excluding hydrogens is 274 g/mol. The smallest absolute Gasteiger partial charge is 0.204 e. The van der Waals surface area contributed by atoms with Gasteiger partial charge in [-0.2, -0.15) is 5.26 Å². The minimum atomic E-state index is 0.481. The van der Waals surface area contributed by atoms with Crippen LogP contribution in [-0.2, 0) is 6.42 Å². The lowest BCUT2D eigenvalue weighted by Gasteiger charge is -2.06. The van der Waals surface area contributed by atoms with Gasteiger partial charge in [0, 0.05) is 25.2 Å². The maximum absolute atomic E-state index is 8.65. The van der Waals surface area contributed by atoms with Crippen LogP contribution < -0.4 is 16.4 Å². The van der Waals surface area contributed by atoms with E-state index in [-0.39, 0.29) is 0 Å². The average Bonchev–Trinajstić information content (AvgIpc) is 2.79. The molecule has 1 heterocycles. The molecule has 0 unspecified atom stereocenters. The summed E-state index contributed by atoms with van der Waals surface area (Å²) in [7, 11) is 0. The summed E-state index contributed by atoms with van der Waals surface area (Å²) in [5.74, 6) is 1.39. The van der Waals surface area contributed by atoms with Gasteiger partial charge in [0.05, 0.1) is 0 Å². The predicted molar refractivity (Wildman–Crippen MR) is 81.5 cm³/mol. The molecule has 0 aromatic carbocycles. The van der Waals surface area contributed by atoms with Crippen LogP contribution in [0, 0.1) is 18.4 Å². The Kier molecular flexibility index (Phi) is 7.54. The Hall–Kier alpha value is -1.72. The van der Waals surface area contributed by atoms with E-state index in [1.165, 1.54) is 0 Å². The van der Waals surface area contributed by atoms with Gasteiger partial charge in [-0.25, -0.2) is 4.98 Å². The summed E-state index contributed by atoms with van der Waals surface area (Å²) in [5, 5.41) is 15.2. The molecule has 0 aliphatic rings. The highest BCUT2D eigenvalue weighted by Crippen LogP contribution is 2.16. The molecule has 110 valence electrons. The van der Waals surface area contributed by atoms with Crippen molar-refractivity contribution in [3.63, 3.8) is 0 Å². The topological polar surface area (TPSA) is 115 Å². The number of H-pyrrole nitrogens is 1. The zero-order valence-electron chi connectivity index (χ0n) is 11.9. The van der Waals surface area contributed by atoms with Gasteiger partial charge in [-0.15, -0.1) is 11.8 Å². The van der Waals surface area contributed by atoms with E-state index in [4.69, 9.17) is 11.0 Å². The maximum atomic E-state index is 8.65. The number of nitrogens with two attached hydrogens (primary N) is 1. The van der Waals surface area contributed by atoms with E-state index in [0.717, 1.165) is 23.0 Å². The molecule has 0 fully saturated rings. The van der Waals surface area contributed by atoms with E-state index in [2.05, 4.69) is 25.6 Å². The molecule has 0 aliphatic heterocycles. The van der Waals surface area contributed by atoms with Crippen LogP contribution in [0.25, 0.3) is 0 Å². The molecule has 1 aromatic heterocycles. The van der Waals surface area contributed by atoms with Crippen LogP contribution in [0.3, 0.4) is 0 Å². The molecule has 1 rings (SSSR count). The fourth-order valence-electron chi connectivity index (χ4n) is 1.60. The molecule has 0 bridgehead atoms. The number of hydrogen-bond donors (Lipinski definition) is 4. The Morgan fingerprint density at radius 3 is 3.00 bits per heavy atom. The summed E-state index contributed by atoms with van der Waals surface area (Å²) in [6.07, 6.45) is 5.40. The van der Waals surface area contributed by atoms with Gasteiger partial charge >= 0.3 is 0 Å². The average molecular weight is 295 g/mol. The number of aryl methyl sites for hydroxylation is 1. The second-order valence-corrected chi connectivity index (χ2v) is 4.90. The second-order valence-electron chi connectivity index (χ2n) is 4.10. The van der Waals surface area contributed by atoms with Crippen molar-refractivity contribution in [1.82, 2.24) is 20.6 Å². The van der Waals surface area contributed by atoms with Crippen LogP contribution in [0.15, 0.2) is 10.0 Å². The quantitative estimate of drug-likeness (QED) is 0.144. The minimum Gasteiger partial charge on any atom is -0.356 e. The minimum absolute atomic E-state index is 0.481. The number of hydrogen-bond acceptors (Lipinski definition) is 5. The zero-order valence-corrected chi connectivity index (χ0v) is 12.7. The largest absolute Gasteiger partial charge is 0.356 e. The third-order valence-corrected chi connectivity index (χ3v) is 3.33. The molecule has 0 atom stereocenters. The molecule has 0 radical (unpaired) electrons. The van der Waals surface area contributed by atoms with Gasteiger partial charge in [0.2, 0.25) is 5.96 Å². The standard InChI is InChI=1S/C12H21N7S/c1-9-11(20-2)19-10(18-9)4-7-16-12(17-8-14)15-6-3-5-13/h3-7,13H2,1-2H3,(H,18,19)(H2,15,16,17). The molecule has 1 aromatic rings. The highest BCUT2D eigenvalue weighted by atomic mass is 32.2. The molecule has 0 spiro atoms. The van der Waals surface area contributed by atoms with Crippen LogP contribution in [0.4, 0.5) is 0 Å². The summed E-state index contributed by atoms with van der Waals surface area (Å²) in [6, 6.07) is 0. The number of thioether (sulfide) groups is 1. The van der Waals surface area contributed by atoms with Crippen molar-refractivity contribution in [3.8, 4) is 6.19 Å². The Bertz CT molecular complexity index is 475. The first kappa shape index (κ1) is 16.3. The van der Waals surface area contributed by atoms with Gasteiger partial charge in [-0.1, -0.05) is 0 Å². The van der Waals surface area contributed by atoms with E-state index >= 15 is 0 Å². The number of nitrogens with one attached hydrogen (secondary N) is 3. The van der Waals surface area contributed by atoms with E-state index < -0.39 is 0 Å². The Labute approximate surface area is 123 Å². The van der Waals surface area contributed by atoms with Crippen molar-refractivity contribution in [1.29, 1.82) is 5.26 Å². The van der Waals surface area contributed by atoms with Crippen molar-refractivity contribution in [2.24, 2.45) is 10.7 Å². The predicted octanol–water partition coefficient (Wildman–Crippen LogP) is 0.348. The first-order chi connectivity index (χ1) is 9.71. The SMILES string of the molecule is CSc1nc(CCN=C(NC#N)NCCCN)[nH]c1C. The van der Waals surface area contributed by atoms with Gasteiger partial charge < -0.3 is 16.0 Å². The van der Waals surface area contributed by atoms with Gasteiger partial charge in [-0.05, 0) is 26.1 Å². The number of aliphatic imine (C=N–C) groups is 1. The fraction of sp³-hybridized carbons (Fsp3) is 0.583. The highest BCUT2D eigenvalue weighted by molar-refractivity contribution is 7.98. The molecule has 8 heteroatoms.